The number of carbonyl (C=O) groups is 1. The van der Waals surface area contributed by atoms with Gasteiger partial charge in [0.2, 0.25) is 5.91 Å². The molecule has 1 aliphatic rings. The van der Waals surface area contributed by atoms with Gasteiger partial charge in [-0.1, -0.05) is 43.2 Å². The third kappa shape index (κ3) is 3.97. The van der Waals surface area contributed by atoms with Crippen LogP contribution < -0.4 is 15.6 Å². The zero-order valence-corrected chi connectivity index (χ0v) is 17.6. The molecule has 0 saturated heterocycles. The maximum absolute atomic E-state index is 13.1. The van der Waals surface area contributed by atoms with Crippen molar-refractivity contribution in [3.8, 4) is 16.9 Å². The fourth-order valence-electron chi connectivity index (χ4n) is 4.54. The van der Waals surface area contributed by atoms with E-state index in [2.05, 4.69) is 5.32 Å². The van der Waals surface area contributed by atoms with Crippen LogP contribution in [-0.4, -0.2) is 17.6 Å². The molecule has 3 aromatic rings. The summed E-state index contributed by atoms with van der Waals surface area (Å²) in [6.07, 6.45) is 5.28. The predicted octanol–water partition coefficient (Wildman–Crippen LogP) is 4.41. The molecule has 0 unspecified atom stereocenters. The molecule has 1 aromatic heterocycles. The smallest absolute Gasteiger partial charge is 0.258 e. The van der Waals surface area contributed by atoms with E-state index in [1.807, 2.05) is 48.5 Å². The molecule has 0 radical (unpaired) electrons. The normalized spacial score (nSPS) is 14.2. The van der Waals surface area contributed by atoms with Gasteiger partial charge in [0.1, 0.15) is 5.75 Å². The molecule has 2 aromatic carbocycles. The molecule has 1 saturated carbocycles. The van der Waals surface area contributed by atoms with E-state index in [-0.39, 0.29) is 11.5 Å². The van der Waals surface area contributed by atoms with Gasteiger partial charge in [-0.3, -0.25) is 9.59 Å². The van der Waals surface area contributed by atoms with Gasteiger partial charge in [-0.15, -0.1) is 0 Å². The minimum absolute atomic E-state index is 0.0547. The van der Waals surface area contributed by atoms with E-state index in [9.17, 15) is 9.59 Å². The topological polar surface area (TPSA) is 60.3 Å². The van der Waals surface area contributed by atoms with Gasteiger partial charge in [0.25, 0.3) is 5.56 Å². The molecule has 4 rings (SSSR count). The van der Waals surface area contributed by atoms with E-state index in [4.69, 9.17) is 4.74 Å². The highest BCUT2D eigenvalue weighted by atomic mass is 16.5. The van der Waals surface area contributed by atoms with Crippen LogP contribution >= 0.6 is 0 Å². The lowest BCUT2D eigenvalue weighted by Crippen LogP contribution is -2.30. The number of hydrogen-bond donors (Lipinski definition) is 1. The van der Waals surface area contributed by atoms with Gasteiger partial charge in [-0.2, -0.15) is 0 Å². The zero-order valence-electron chi connectivity index (χ0n) is 17.6. The fourth-order valence-corrected chi connectivity index (χ4v) is 4.54. The van der Waals surface area contributed by atoms with Crippen LogP contribution in [0.25, 0.3) is 21.9 Å². The van der Waals surface area contributed by atoms with Gasteiger partial charge in [-0.05, 0) is 42.5 Å². The van der Waals surface area contributed by atoms with Crippen LogP contribution in [0.1, 0.15) is 37.8 Å². The van der Waals surface area contributed by atoms with Crippen molar-refractivity contribution in [3.05, 3.63) is 64.6 Å². The van der Waals surface area contributed by atoms with Crippen molar-refractivity contribution in [2.45, 2.75) is 38.6 Å². The second-order valence-corrected chi connectivity index (χ2v) is 8.09. The van der Waals surface area contributed by atoms with Crippen LogP contribution in [0.2, 0.25) is 0 Å². The summed E-state index contributed by atoms with van der Waals surface area (Å²) in [5, 5.41) is 4.54. The first kappa shape index (κ1) is 20.2. The SMILES string of the molecule is COc1ccc2c(=O)n(C)c(CNC(=O)CC3CCCC3)c(-c3ccccc3)c2c1. The number of nitrogens with one attached hydrogen (secondary N) is 1. The molecule has 5 nitrogen and oxygen atoms in total. The summed E-state index contributed by atoms with van der Waals surface area (Å²) in [5.74, 6) is 1.24. The number of amides is 1. The summed E-state index contributed by atoms with van der Waals surface area (Å²) in [6, 6.07) is 15.5. The van der Waals surface area contributed by atoms with Crippen molar-refractivity contribution in [1.29, 1.82) is 0 Å². The summed E-state index contributed by atoms with van der Waals surface area (Å²) in [4.78, 5) is 25.6. The van der Waals surface area contributed by atoms with E-state index in [1.165, 1.54) is 12.8 Å². The van der Waals surface area contributed by atoms with Crippen molar-refractivity contribution < 1.29 is 9.53 Å². The molecule has 156 valence electrons. The van der Waals surface area contributed by atoms with Crippen LogP contribution in [0, 0.1) is 5.92 Å². The Morgan fingerprint density at radius 3 is 2.53 bits per heavy atom. The Morgan fingerprint density at radius 2 is 1.83 bits per heavy atom. The van der Waals surface area contributed by atoms with E-state index in [0.717, 1.165) is 35.0 Å². The summed E-state index contributed by atoms with van der Waals surface area (Å²) < 4.78 is 7.08. The van der Waals surface area contributed by atoms with Crippen molar-refractivity contribution in [2.24, 2.45) is 13.0 Å². The largest absolute Gasteiger partial charge is 0.497 e. The molecular formula is C25H28N2O3. The molecular weight excluding hydrogens is 376 g/mol. The minimum Gasteiger partial charge on any atom is -0.497 e. The first-order chi connectivity index (χ1) is 14.6. The van der Waals surface area contributed by atoms with Crippen molar-refractivity contribution >= 4 is 16.7 Å². The molecule has 0 bridgehead atoms. The van der Waals surface area contributed by atoms with Crippen molar-refractivity contribution in [1.82, 2.24) is 9.88 Å². The average Bonchev–Trinajstić information content (AvgIpc) is 3.28. The van der Waals surface area contributed by atoms with Gasteiger partial charge in [0.15, 0.2) is 0 Å². The van der Waals surface area contributed by atoms with Crippen LogP contribution in [-0.2, 0) is 18.4 Å². The van der Waals surface area contributed by atoms with Crippen LogP contribution in [0.5, 0.6) is 5.75 Å². The van der Waals surface area contributed by atoms with Crippen LogP contribution in [0.15, 0.2) is 53.3 Å². The summed E-state index contributed by atoms with van der Waals surface area (Å²) in [5.41, 5.74) is 2.68. The van der Waals surface area contributed by atoms with Crippen LogP contribution in [0.4, 0.5) is 0 Å². The predicted molar refractivity (Wildman–Crippen MR) is 120 cm³/mol. The maximum Gasteiger partial charge on any atom is 0.258 e. The highest BCUT2D eigenvalue weighted by Crippen LogP contribution is 2.33. The first-order valence-electron chi connectivity index (χ1n) is 10.6. The summed E-state index contributed by atoms with van der Waals surface area (Å²) >= 11 is 0. The number of benzene rings is 2. The Morgan fingerprint density at radius 1 is 1.10 bits per heavy atom. The van der Waals surface area contributed by atoms with Crippen molar-refractivity contribution in [2.75, 3.05) is 7.11 Å². The Bertz CT molecular complexity index is 1110. The van der Waals surface area contributed by atoms with E-state index >= 15 is 0 Å². The molecule has 30 heavy (non-hydrogen) atoms. The van der Waals surface area contributed by atoms with E-state index in [1.54, 1.807) is 18.7 Å². The molecule has 1 heterocycles. The fraction of sp³-hybridized carbons (Fsp3) is 0.360. The van der Waals surface area contributed by atoms with Crippen molar-refractivity contribution in [3.63, 3.8) is 0 Å². The molecule has 1 aliphatic carbocycles. The number of carbonyl (C=O) groups excluding carboxylic acids is 1. The Labute approximate surface area is 176 Å². The van der Waals surface area contributed by atoms with Gasteiger partial charge in [0.05, 0.1) is 13.7 Å². The lowest BCUT2D eigenvalue weighted by Gasteiger charge is -2.19. The maximum atomic E-state index is 13.1. The highest BCUT2D eigenvalue weighted by molar-refractivity contribution is 5.98. The molecule has 1 fully saturated rings. The highest BCUT2D eigenvalue weighted by Gasteiger charge is 2.20. The number of nitrogens with zero attached hydrogens (tertiary/aromatic N) is 1. The Hall–Kier alpha value is -3.08. The average molecular weight is 405 g/mol. The number of methoxy groups -OCH3 is 1. The van der Waals surface area contributed by atoms with E-state index in [0.29, 0.717) is 30.0 Å². The van der Waals surface area contributed by atoms with Gasteiger partial charge < -0.3 is 14.6 Å². The first-order valence-corrected chi connectivity index (χ1v) is 10.6. The monoisotopic (exact) mass is 404 g/mol. The van der Waals surface area contributed by atoms with Crippen LogP contribution in [0.3, 0.4) is 0 Å². The molecule has 0 spiro atoms. The van der Waals surface area contributed by atoms with Gasteiger partial charge in [0, 0.05) is 35.5 Å². The van der Waals surface area contributed by atoms with E-state index < -0.39 is 0 Å². The second kappa shape index (κ2) is 8.74. The summed E-state index contributed by atoms with van der Waals surface area (Å²) in [6.45, 7) is 0.314. The lowest BCUT2D eigenvalue weighted by atomic mass is 9.96. The van der Waals surface area contributed by atoms with Gasteiger partial charge >= 0.3 is 0 Å². The number of hydrogen-bond acceptors (Lipinski definition) is 3. The Balaban J connectivity index is 1.78. The minimum atomic E-state index is -0.0765. The number of ether oxygens (including phenoxy) is 1. The molecule has 0 atom stereocenters. The van der Waals surface area contributed by atoms with Gasteiger partial charge in [-0.25, -0.2) is 0 Å². The molecule has 1 amide bonds. The third-order valence-corrected chi connectivity index (χ3v) is 6.19. The number of pyridine rings is 1. The Kier molecular flexibility index (Phi) is 5.88. The molecule has 0 aliphatic heterocycles. The third-order valence-electron chi connectivity index (χ3n) is 6.19. The molecule has 5 heteroatoms. The standard InChI is InChI=1S/C25H28N2O3/c1-27-22(16-26-23(28)14-17-8-6-7-9-17)24(18-10-4-3-5-11-18)21-15-19(30-2)12-13-20(21)25(27)29/h3-5,10-13,15,17H,6-9,14,16H2,1-2H3,(H,26,28). The second-order valence-electron chi connectivity index (χ2n) is 8.09. The summed E-state index contributed by atoms with van der Waals surface area (Å²) in [7, 11) is 3.39. The molecule has 1 N–H and O–H groups in total. The quantitative estimate of drug-likeness (QED) is 0.662. The lowest BCUT2D eigenvalue weighted by molar-refractivity contribution is -0.122. The number of rotatable bonds is 6. The zero-order chi connectivity index (χ0) is 21.1. The number of fused-ring (bicyclic) bond motifs is 1. The number of aromatic nitrogens is 1.